The number of likely N-dealkylation sites (tertiary alicyclic amines) is 1. The van der Waals surface area contributed by atoms with Crippen molar-refractivity contribution in [1.82, 2.24) is 4.90 Å². The highest BCUT2D eigenvalue weighted by Crippen LogP contribution is 2.19. The van der Waals surface area contributed by atoms with Crippen molar-refractivity contribution in [3.05, 3.63) is 34.3 Å². The zero-order valence-corrected chi connectivity index (χ0v) is 10.6. The van der Waals surface area contributed by atoms with E-state index in [1.54, 1.807) is 17.0 Å². The van der Waals surface area contributed by atoms with Crippen molar-refractivity contribution in [2.75, 3.05) is 13.1 Å². The molecule has 1 aliphatic rings. The van der Waals surface area contributed by atoms with E-state index < -0.39 is 0 Å². The number of hydrogen-bond acceptors (Lipinski definition) is 2. The number of halogens is 1. The molecule has 0 saturated carbocycles. The van der Waals surface area contributed by atoms with E-state index in [0.717, 1.165) is 5.56 Å². The average molecular weight is 254 g/mol. The van der Waals surface area contributed by atoms with E-state index in [2.05, 4.69) is 0 Å². The Hall–Kier alpha value is -1.06. The molecule has 1 heterocycles. The summed E-state index contributed by atoms with van der Waals surface area (Å²) in [7, 11) is 0. The van der Waals surface area contributed by atoms with Gasteiger partial charge in [-0.15, -0.1) is 0 Å². The van der Waals surface area contributed by atoms with Gasteiger partial charge in [0.05, 0.1) is 6.10 Å². The number of rotatable bonds is 1. The van der Waals surface area contributed by atoms with Crippen LogP contribution in [0.4, 0.5) is 0 Å². The molecule has 1 aliphatic heterocycles. The molecule has 1 saturated heterocycles. The van der Waals surface area contributed by atoms with E-state index in [4.69, 9.17) is 11.6 Å². The normalized spacial score (nSPS) is 17.2. The van der Waals surface area contributed by atoms with Gasteiger partial charge in [-0.2, -0.15) is 0 Å². The van der Waals surface area contributed by atoms with Crippen LogP contribution in [0.15, 0.2) is 18.2 Å². The highest BCUT2D eigenvalue weighted by atomic mass is 35.5. The van der Waals surface area contributed by atoms with E-state index in [0.29, 0.717) is 36.5 Å². The summed E-state index contributed by atoms with van der Waals surface area (Å²) in [6, 6.07) is 5.35. The van der Waals surface area contributed by atoms with Crippen molar-refractivity contribution in [3.63, 3.8) is 0 Å². The zero-order chi connectivity index (χ0) is 12.4. The van der Waals surface area contributed by atoms with Gasteiger partial charge in [0.15, 0.2) is 0 Å². The minimum Gasteiger partial charge on any atom is -0.393 e. The Morgan fingerprint density at radius 1 is 1.41 bits per heavy atom. The van der Waals surface area contributed by atoms with Gasteiger partial charge in [0.1, 0.15) is 0 Å². The maximum atomic E-state index is 12.3. The van der Waals surface area contributed by atoms with Crippen LogP contribution in [0.2, 0.25) is 5.02 Å². The second kappa shape index (κ2) is 5.07. The first-order valence-electron chi connectivity index (χ1n) is 5.81. The van der Waals surface area contributed by atoms with E-state index in [9.17, 15) is 9.90 Å². The molecular formula is C13H16ClNO2. The molecular weight excluding hydrogens is 238 g/mol. The molecule has 1 fully saturated rings. The predicted molar refractivity (Wildman–Crippen MR) is 67.3 cm³/mol. The van der Waals surface area contributed by atoms with Gasteiger partial charge in [-0.25, -0.2) is 0 Å². The van der Waals surface area contributed by atoms with E-state index in [-0.39, 0.29) is 12.0 Å². The van der Waals surface area contributed by atoms with Crippen LogP contribution in [0.1, 0.15) is 28.8 Å². The van der Waals surface area contributed by atoms with E-state index in [1.807, 2.05) is 13.0 Å². The van der Waals surface area contributed by atoms with Crippen LogP contribution in [-0.2, 0) is 0 Å². The number of piperidine rings is 1. The third kappa shape index (κ3) is 2.79. The Morgan fingerprint density at radius 2 is 2.06 bits per heavy atom. The summed E-state index contributed by atoms with van der Waals surface area (Å²) in [5, 5.41) is 10.00. The quantitative estimate of drug-likeness (QED) is 0.834. The minimum absolute atomic E-state index is 0.0110. The summed E-state index contributed by atoms with van der Waals surface area (Å²) < 4.78 is 0. The second-order valence-electron chi connectivity index (χ2n) is 4.48. The molecule has 0 radical (unpaired) electrons. The summed E-state index contributed by atoms with van der Waals surface area (Å²) in [5.41, 5.74) is 1.60. The van der Waals surface area contributed by atoms with Crippen molar-refractivity contribution < 1.29 is 9.90 Å². The molecule has 0 spiro atoms. The first-order valence-corrected chi connectivity index (χ1v) is 6.19. The Labute approximate surface area is 106 Å². The fourth-order valence-electron chi connectivity index (χ4n) is 2.06. The van der Waals surface area contributed by atoms with Gasteiger partial charge in [-0.1, -0.05) is 17.7 Å². The molecule has 0 aliphatic carbocycles. The van der Waals surface area contributed by atoms with Crippen molar-refractivity contribution in [3.8, 4) is 0 Å². The number of hydrogen-bond donors (Lipinski definition) is 1. The van der Waals surface area contributed by atoms with Gasteiger partial charge in [0.2, 0.25) is 0 Å². The van der Waals surface area contributed by atoms with Crippen LogP contribution in [-0.4, -0.2) is 35.1 Å². The van der Waals surface area contributed by atoms with Crippen molar-refractivity contribution >= 4 is 17.5 Å². The van der Waals surface area contributed by atoms with Crippen LogP contribution in [0.5, 0.6) is 0 Å². The zero-order valence-electron chi connectivity index (χ0n) is 9.82. The van der Waals surface area contributed by atoms with Crippen LogP contribution in [0, 0.1) is 6.92 Å². The van der Waals surface area contributed by atoms with Crippen molar-refractivity contribution in [1.29, 1.82) is 0 Å². The maximum Gasteiger partial charge on any atom is 0.254 e. The molecule has 4 heteroatoms. The van der Waals surface area contributed by atoms with Gasteiger partial charge in [0, 0.05) is 23.7 Å². The molecule has 17 heavy (non-hydrogen) atoms. The van der Waals surface area contributed by atoms with Gasteiger partial charge >= 0.3 is 0 Å². The van der Waals surface area contributed by atoms with Gasteiger partial charge < -0.3 is 10.0 Å². The minimum atomic E-state index is -0.264. The molecule has 0 aromatic heterocycles. The molecule has 0 bridgehead atoms. The smallest absolute Gasteiger partial charge is 0.254 e. The van der Waals surface area contributed by atoms with E-state index in [1.165, 1.54) is 0 Å². The monoisotopic (exact) mass is 253 g/mol. The SMILES string of the molecule is Cc1ccc(Cl)cc1C(=O)N1CCC(O)CC1. The molecule has 1 amide bonds. The van der Waals surface area contributed by atoms with Crippen LogP contribution < -0.4 is 0 Å². The highest BCUT2D eigenvalue weighted by molar-refractivity contribution is 6.31. The molecule has 3 nitrogen and oxygen atoms in total. The number of amides is 1. The van der Waals surface area contributed by atoms with Gasteiger partial charge in [0.25, 0.3) is 5.91 Å². The Bertz CT molecular complexity index is 425. The summed E-state index contributed by atoms with van der Waals surface area (Å²) in [6.45, 7) is 3.14. The fraction of sp³-hybridized carbons (Fsp3) is 0.462. The second-order valence-corrected chi connectivity index (χ2v) is 4.92. The van der Waals surface area contributed by atoms with Crippen molar-refractivity contribution in [2.24, 2.45) is 0 Å². The van der Waals surface area contributed by atoms with Crippen LogP contribution in [0.3, 0.4) is 0 Å². The summed E-state index contributed by atoms with van der Waals surface area (Å²) in [6.07, 6.45) is 1.05. The Balaban J connectivity index is 2.16. The number of aliphatic hydroxyl groups excluding tert-OH is 1. The molecule has 1 aromatic rings. The standard InChI is InChI=1S/C13H16ClNO2/c1-9-2-3-10(14)8-12(9)13(17)15-6-4-11(16)5-7-15/h2-3,8,11,16H,4-7H2,1H3. The summed E-state index contributed by atoms with van der Waals surface area (Å²) in [5.74, 6) is 0.0110. The third-order valence-electron chi connectivity index (χ3n) is 3.18. The Morgan fingerprint density at radius 3 is 2.71 bits per heavy atom. The fourth-order valence-corrected chi connectivity index (χ4v) is 2.24. The number of aryl methyl sites for hydroxylation is 1. The molecule has 2 rings (SSSR count). The topological polar surface area (TPSA) is 40.5 Å². The van der Waals surface area contributed by atoms with E-state index >= 15 is 0 Å². The van der Waals surface area contributed by atoms with Gasteiger partial charge in [-0.05, 0) is 37.5 Å². The number of aliphatic hydroxyl groups is 1. The van der Waals surface area contributed by atoms with Crippen molar-refractivity contribution in [2.45, 2.75) is 25.9 Å². The highest BCUT2D eigenvalue weighted by Gasteiger charge is 2.23. The Kier molecular flexibility index (Phi) is 3.69. The molecule has 1 aromatic carbocycles. The lowest BCUT2D eigenvalue weighted by Crippen LogP contribution is -2.40. The number of nitrogens with zero attached hydrogens (tertiary/aromatic N) is 1. The number of benzene rings is 1. The number of carbonyl (C=O) groups excluding carboxylic acids is 1. The lowest BCUT2D eigenvalue weighted by atomic mass is 10.0. The largest absolute Gasteiger partial charge is 0.393 e. The van der Waals surface area contributed by atoms with Gasteiger partial charge in [-0.3, -0.25) is 4.79 Å². The predicted octanol–water partition coefficient (Wildman–Crippen LogP) is 2.25. The number of carbonyl (C=O) groups is 1. The summed E-state index contributed by atoms with van der Waals surface area (Å²) >= 11 is 5.91. The van der Waals surface area contributed by atoms with Crippen LogP contribution >= 0.6 is 11.6 Å². The molecule has 92 valence electrons. The lowest BCUT2D eigenvalue weighted by molar-refractivity contribution is 0.0546. The maximum absolute atomic E-state index is 12.3. The summed E-state index contributed by atoms with van der Waals surface area (Å²) in [4.78, 5) is 14.0. The first kappa shape index (κ1) is 12.4. The third-order valence-corrected chi connectivity index (χ3v) is 3.42. The average Bonchev–Trinajstić information content (AvgIpc) is 2.32. The molecule has 0 atom stereocenters. The molecule has 0 unspecified atom stereocenters. The van der Waals surface area contributed by atoms with Crippen LogP contribution in [0.25, 0.3) is 0 Å². The first-order chi connectivity index (χ1) is 8.08. The molecule has 1 N–H and O–H groups in total. The lowest BCUT2D eigenvalue weighted by Gasteiger charge is -2.30.